The number of hydrogen-bond acceptors (Lipinski definition) is 8. The van der Waals surface area contributed by atoms with Crippen LogP contribution in [0.15, 0.2) is 0 Å². The van der Waals surface area contributed by atoms with E-state index in [0.29, 0.717) is 39.1 Å². The van der Waals surface area contributed by atoms with Crippen molar-refractivity contribution in [1.82, 2.24) is 16.0 Å². The number of nitrogens with two attached hydrogens (primary N) is 1. The van der Waals surface area contributed by atoms with Crippen LogP contribution in [0, 0.1) is 0 Å². The van der Waals surface area contributed by atoms with Crippen LogP contribution in [0.1, 0.15) is 101 Å². The lowest BCUT2D eigenvalue weighted by Crippen LogP contribution is -2.52. The Morgan fingerprint density at radius 3 is 1.74 bits per heavy atom. The maximum atomic E-state index is 13.0. The molecule has 5 N–H and O–H groups in total. The standard InChI is InChI=1S/C28H54N4O7/c1-10-37-27(6,7)16-18-30-22(33)14-13-21(25(36)31-19-17-28(8,9)38-11-2)32-24(35)20(29)12-15-23(34)39-26(3,4)5/h20-21H,10-19,29H2,1-9H3,(H,30,33)(H,31,36)(H,32,35)/t20-,21-/m0/s1. The fourth-order valence-corrected chi connectivity index (χ4v) is 3.75. The first kappa shape index (κ1) is 36.8. The third kappa shape index (κ3) is 18.6. The van der Waals surface area contributed by atoms with Gasteiger partial charge in [-0.2, -0.15) is 0 Å². The van der Waals surface area contributed by atoms with Crippen molar-refractivity contribution in [3.8, 4) is 0 Å². The van der Waals surface area contributed by atoms with Crippen molar-refractivity contribution in [3.05, 3.63) is 0 Å². The minimum absolute atomic E-state index is 0.0320. The molecule has 0 aliphatic carbocycles. The maximum Gasteiger partial charge on any atom is 0.306 e. The topological polar surface area (TPSA) is 158 Å². The zero-order valence-electron chi connectivity index (χ0n) is 25.7. The molecule has 0 fully saturated rings. The lowest BCUT2D eigenvalue weighted by atomic mass is 10.0. The van der Waals surface area contributed by atoms with Crippen LogP contribution in [0.25, 0.3) is 0 Å². The van der Waals surface area contributed by atoms with Crippen LogP contribution in [-0.4, -0.2) is 78.9 Å². The molecule has 0 aromatic rings. The lowest BCUT2D eigenvalue weighted by Gasteiger charge is -2.26. The number of rotatable bonds is 19. The summed E-state index contributed by atoms with van der Waals surface area (Å²) in [5, 5.41) is 8.32. The van der Waals surface area contributed by atoms with Gasteiger partial charge in [0.25, 0.3) is 0 Å². The molecule has 0 rings (SSSR count). The Morgan fingerprint density at radius 1 is 0.744 bits per heavy atom. The highest BCUT2D eigenvalue weighted by Gasteiger charge is 2.27. The molecular weight excluding hydrogens is 504 g/mol. The molecule has 0 aromatic carbocycles. The van der Waals surface area contributed by atoms with Crippen molar-refractivity contribution in [1.29, 1.82) is 0 Å². The van der Waals surface area contributed by atoms with Crippen LogP contribution in [0.5, 0.6) is 0 Å². The second-order valence-corrected chi connectivity index (χ2v) is 11.9. The van der Waals surface area contributed by atoms with E-state index in [-0.39, 0.29) is 37.2 Å². The molecule has 3 amide bonds. The number of esters is 1. The number of amides is 3. The van der Waals surface area contributed by atoms with Crippen LogP contribution < -0.4 is 21.7 Å². The van der Waals surface area contributed by atoms with Crippen molar-refractivity contribution >= 4 is 23.7 Å². The summed E-state index contributed by atoms with van der Waals surface area (Å²) in [6.45, 7) is 18.8. The van der Waals surface area contributed by atoms with E-state index < -0.39 is 41.1 Å². The van der Waals surface area contributed by atoms with E-state index in [1.54, 1.807) is 20.8 Å². The summed E-state index contributed by atoms with van der Waals surface area (Å²) in [4.78, 5) is 50.2. The van der Waals surface area contributed by atoms with E-state index in [2.05, 4.69) is 16.0 Å². The third-order valence-electron chi connectivity index (χ3n) is 5.85. The monoisotopic (exact) mass is 558 g/mol. The third-order valence-corrected chi connectivity index (χ3v) is 5.85. The van der Waals surface area contributed by atoms with Gasteiger partial charge in [0, 0.05) is 39.1 Å². The first-order valence-electron chi connectivity index (χ1n) is 14.0. The van der Waals surface area contributed by atoms with Crippen molar-refractivity contribution in [2.75, 3.05) is 26.3 Å². The molecule has 0 spiro atoms. The van der Waals surface area contributed by atoms with E-state index in [1.165, 1.54) is 0 Å². The molecule has 11 heteroatoms. The quantitative estimate of drug-likeness (QED) is 0.176. The van der Waals surface area contributed by atoms with E-state index in [1.807, 2.05) is 41.5 Å². The molecule has 0 heterocycles. The molecule has 0 bridgehead atoms. The maximum absolute atomic E-state index is 13.0. The molecule has 228 valence electrons. The number of carbonyl (C=O) groups is 4. The van der Waals surface area contributed by atoms with Crippen LogP contribution >= 0.6 is 0 Å². The second kappa shape index (κ2) is 17.5. The Bertz CT molecular complexity index is 778. The summed E-state index contributed by atoms with van der Waals surface area (Å²) in [5.74, 6) is -1.69. The minimum Gasteiger partial charge on any atom is -0.460 e. The highest BCUT2D eigenvalue weighted by Crippen LogP contribution is 2.14. The van der Waals surface area contributed by atoms with Crippen molar-refractivity contribution in [3.63, 3.8) is 0 Å². The normalized spacial score (nSPS) is 13.8. The number of carbonyl (C=O) groups excluding carboxylic acids is 4. The molecule has 39 heavy (non-hydrogen) atoms. The minimum atomic E-state index is -1.01. The van der Waals surface area contributed by atoms with Crippen LogP contribution in [0.4, 0.5) is 0 Å². The SMILES string of the molecule is CCOC(C)(C)CCNC(=O)CC[C@H](NC(=O)[C@@H](N)CCC(=O)OC(C)(C)C)C(=O)NCCC(C)(C)OCC. The largest absolute Gasteiger partial charge is 0.460 e. The molecule has 11 nitrogen and oxygen atoms in total. The average Bonchev–Trinajstić information content (AvgIpc) is 2.78. The van der Waals surface area contributed by atoms with Gasteiger partial charge >= 0.3 is 5.97 Å². The second-order valence-electron chi connectivity index (χ2n) is 11.9. The average molecular weight is 559 g/mol. The highest BCUT2D eigenvalue weighted by atomic mass is 16.6. The predicted molar refractivity (Wildman–Crippen MR) is 151 cm³/mol. The zero-order chi connectivity index (χ0) is 30.3. The van der Waals surface area contributed by atoms with Gasteiger partial charge in [-0.3, -0.25) is 19.2 Å². The number of hydrogen-bond donors (Lipinski definition) is 4. The first-order chi connectivity index (χ1) is 17.9. The molecule has 0 aliphatic rings. The molecule has 0 aromatic heterocycles. The van der Waals surface area contributed by atoms with Crippen molar-refractivity contribution < 1.29 is 33.4 Å². The zero-order valence-corrected chi connectivity index (χ0v) is 25.7. The van der Waals surface area contributed by atoms with E-state index >= 15 is 0 Å². The Balaban J connectivity index is 5.07. The molecule has 0 radical (unpaired) electrons. The summed E-state index contributed by atoms with van der Waals surface area (Å²) in [5.41, 5.74) is 4.59. The molecule has 0 saturated heterocycles. The van der Waals surface area contributed by atoms with Gasteiger partial charge in [-0.15, -0.1) is 0 Å². The summed E-state index contributed by atoms with van der Waals surface area (Å²) in [6.07, 6.45) is 1.36. The van der Waals surface area contributed by atoms with Gasteiger partial charge in [0.2, 0.25) is 17.7 Å². The Kier molecular flexibility index (Phi) is 16.4. The Morgan fingerprint density at radius 2 is 1.26 bits per heavy atom. The van der Waals surface area contributed by atoms with Crippen molar-refractivity contribution in [2.45, 2.75) is 130 Å². The fraction of sp³-hybridized carbons (Fsp3) is 0.857. The van der Waals surface area contributed by atoms with E-state index in [9.17, 15) is 19.2 Å². The van der Waals surface area contributed by atoms with E-state index in [0.717, 1.165) is 0 Å². The van der Waals surface area contributed by atoms with Gasteiger partial charge < -0.3 is 35.9 Å². The molecule has 0 aliphatic heterocycles. The van der Waals surface area contributed by atoms with Gasteiger partial charge in [-0.25, -0.2) is 0 Å². The lowest BCUT2D eigenvalue weighted by molar-refractivity contribution is -0.155. The smallest absolute Gasteiger partial charge is 0.306 e. The Hall–Kier alpha value is -2.24. The van der Waals surface area contributed by atoms with Crippen LogP contribution in [0.3, 0.4) is 0 Å². The summed E-state index contributed by atoms with van der Waals surface area (Å²) in [7, 11) is 0. The van der Waals surface area contributed by atoms with Gasteiger partial charge in [0.05, 0.1) is 17.2 Å². The number of ether oxygens (including phenoxy) is 3. The van der Waals surface area contributed by atoms with Crippen LogP contribution in [-0.2, 0) is 33.4 Å². The van der Waals surface area contributed by atoms with E-state index in [4.69, 9.17) is 19.9 Å². The number of nitrogens with one attached hydrogen (secondary N) is 3. The highest BCUT2D eigenvalue weighted by molar-refractivity contribution is 5.90. The van der Waals surface area contributed by atoms with Gasteiger partial charge in [0.15, 0.2) is 0 Å². The first-order valence-corrected chi connectivity index (χ1v) is 14.0. The molecule has 0 saturated carbocycles. The molecular formula is C28H54N4O7. The van der Waals surface area contributed by atoms with Crippen LogP contribution in [0.2, 0.25) is 0 Å². The van der Waals surface area contributed by atoms with Gasteiger partial charge in [0.1, 0.15) is 11.6 Å². The summed E-state index contributed by atoms with van der Waals surface area (Å²) in [6, 6.07) is -1.98. The predicted octanol–water partition coefficient (Wildman–Crippen LogP) is 2.34. The summed E-state index contributed by atoms with van der Waals surface area (Å²) < 4.78 is 16.6. The Labute approximate surface area is 235 Å². The molecule has 2 atom stereocenters. The van der Waals surface area contributed by atoms with Gasteiger partial charge in [-0.1, -0.05) is 0 Å². The molecule has 0 unspecified atom stereocenters. The van der Waals surface area contributed by atoms with Crippen molar-refractivity contribution in [2.24, 2.45) is 5.73 Å². The fourth-order valence-electron chi connectivity index (χ4n) is 3.75. The van der Waals surface area contributed by atoms with Gasteiger partial charge in [-0.05, 0) is 88.0 Å². The summed E-state index contributed by atoms with van der Waals surface area (Å²) >= 11 is 0.